The number of nitrogens with one attached hydrogen (secondary N) is 1. The maximum atomic E-state index is 13.5. The van der Waals surface area contributed by atoms with E-state index in [-0.39, 0.29) is 28.8 Å². The first kappa shape index (κ1) is 14.3. The Hall–Kier alpha value is -2.33. The van der Waals surface area contributed by atoms with Gasteiger partial charge in [0.05, 0.1) is 23.9 Å². The van der Waals surface area contributed by atoms with E-state index in [1.807, 2.05) is 0 Å². The predicted molar refractivity (Wildman–Crippen MR) is 75.4 cm³/mol. The second kappa shape index (κ2) is 4.36. The molecule has 2 aromatic rings. The maximum Gasteiger partial charge on any atom is 0.312 e. The van der Waals surface area contributed by atoms with E-state index in [1.165, 1.54) is 17.9 Å². The second-order valence-electron chi connectivity index (χ2n) is 6.06. The fourth-order valence-electron chi connectivity index (χ4n) is 3.92. The number of nitrogens with zero attached hydrogens (tertiary/aromatic N) is 4. The van der Waals surface area contributed by atoms with Crippen LogP contribution in [-0.2, 0) is 4.79 Å². The molecule has 5 atom stereocenters. The lowest BCUT2D eigenvalue weighted by Gasteiger charge is -2.23. The Balaban J connectivity index is 1.82. The molecule has 2 aliphatic rings. The summed E-state index contributed by atoms with van der Waals surface area (Å²) in [4.78, 5) is 23.3. The van der Waals surface area contributed by atoms with Gasteiger partial charge < -0.3 is 25.8 Å². The third-order valence-electron chi connectivity index (χ3n) is 5.06. The van der Waals surface area contributed by atoms with Crippen molar-refractivity contribution >= 4 is 22.9 Å². The molecule has 2 aromatic heterocycles. The number of carbonyl (C=O) groups excluding carboxylic acids is 1. The van der Waals surface area contributed by atoms with E-state index in [2.05, 4.69) is 20.3 Å². The van der Waals surface area contributed by atoms with E-state index in [1.54, 1.807) is 0 Å². The first-order chi connectivity index (χ1) is 10.9. The molecule has 4 rings (SSSR count). The van der Waals surface area contributed by atoms with E-state index in [9.17, 15) is 19.4 Å². The van der Waals surface area contributed by atoms with Crippen molar-refractivity contribution in [2.75, 3.05) is 12.8 Å². The van der Waals surface area contributed by atoms with Crippen molar-refractivity contribution < 1.29 is 19.4 Å². The second-order valence-corrected chi connectivity index (χ2v) is 6.06. The number of fused-ring (bicyclic) bond motifs is 2. The Bertz CT molecular complexity index is 825. The Labute approximate surface area is 129 Å². The van der Waals surface area contributed by atoms with Gasteiger partial charge in [0.1, 0.15) is 11.6 Å². The summed E-state index contributed by atoms with van der Waals surface area (Å²) in [6.45, 7) is 0. The highest BCUT2D eigenvalue weighted by molar-refractivity contribution is 5.88. The third-order valence-corrected chi connectivity index (χ3v) is 5.06. The number of nitrogen functional groups attached to an aromatic ring is 1. The first-order valence-corrected chi connectivity index (χ1v) is 7.15. The minimum Gasteiger partial charge on any atom is -0.389 e. The minimum atomic E-state index is -1.21. The number of imidazole rings is 1. The fourth-order valence-corrected chi connectivity index (χ4v) is 3.92. The van der Waals surface area contributed by atoms with Crippen LogP contribution < -0.4 is 11.1 Å². The summed E-state index contributed by atoms with van der Waals surface area (Å²) in [5, 5.41) is 23.2. The lowest BCUT2D eigenvalue weighted by Crippen LogP contribution is -2.41. The highest BCUT2D eigenvalue weighted by Gasteiger charge is 2.75. The predicted octanol–water partition coefficient (Wildman–Crippen LogP) is -1.42. The van der Waals surface area contributed by atoms with Gasteiger partial charge in [-0.3, -0.25) is 4.79 Å². The molecule has 0 spiro atoms. The van der Waals surface area contributed by atoms with Crippen LogP contribution in [-0.4, -0.2) is 54.9 Å². The molecule has 0 radical (unpaired) electrons. The minimum absolute atomic E-state index is 0.104. The Morgan fingerprint density at radius 3 is 2.96 bits per heavy atom. The number of amides is 1. The molecule has 2 unspecified atom stereocenters. The summed E-state index contributed by atoms with van der Waals surface area (Å²) in [6.07, 6.45) is -1.61. The average molecular weight is 322 g/mol. The van der Waals surface area contributed by atoms with Gasteiger partial charge in [-0.25, -0.2) is 4.98 Å². The highest BCUT2D eigenvalue weighted by atomic mass is 19.1. The van der Waals surface area contributed by atoms with Crippen LogP contribution in [0.5, 0.6) is 0 Å². The summed E-state index contributed by atoms with van der Waals surface area (Å²) >= 11 is 0. The number of halogens is 1. The number of hydrogen-bond donors (Lipinski definition) is 4. The van der Waals surface area contributed by atoms with Gasteiger partial charge in [-0.05, 0) is 6.42 Å². The Morgan fingerprint density at radius 2 is 2.26 bits per heavy atom. The third kappa shape index (κ3) is 1.61. The van der Waals surface area contributed by atoms with Gasteiger partial charge in [-0.1, -0.05) is 0 Å². The molecular formula is C13H15FN6O3. The number of anilines is 1. The summed E-state index contributed by atoms with van der Waals surface area (Å²) in [5.41, 5.74) is 4.95. The molecule has 5 N–H and O–H groups in total. The van der Waals surface area contributed by atoms with Crippen molar-refractivity contribution in [3.8, 4) is 0 Å². The van der Waals surface area contributed by atoms with Gasteiger partial charge in [0.25, 0.3) is 0 Å². The van der Waals surface area contributed by atoms with E-state index in [0.29, 0.717) is 6.42 Å². The Morgan fingerprint density at radius 1 is 1.52 bits per heavy atom. The number of hydrogen-bond acceptors (Lipinski definition) is 7. The zero-order valence-electron chi connectivity index (χ0n) is 12.1. The van der Waals surface area contributed by atoms with Crippen molar-refractivity contribution in [2.45, 2.75) is 24.7 Å². The van der Waals surface area contributed by atoms with E-state index < -0.39 is 29.7 Å². The fraction of sp³-hybridized carbons (Fsp3) is 0.538. The van der Waals surface area contributed by atoms with Crippen molar-refractivity contribution in [1.82, 2.24) is 24.8 Å². The maximum absolute atomic E-state index is 13.5. The highest BCUT2D eigenvalue weighted by Crippen LogP contribution is 2.67. The number of carbonyl (C=O) groups is 1. The summed E-state index contributed by atoms with van der Waals surface area (Å²) < 4.78 is 14.9. The number of aromatic nitrogens is 4. The number of nitrogens with two attached hydrogens (primary N) is 1. The average Bonchev–Trinajstić information content (AvgIpc) is 3.05. The van der Waals surface area contributed by atoms with Crippen LogP contribution in [0.3, 0.4) is 0 Å². The van der Waals surface area contributed by atoms with Gasteiger partial charge in [0, 0.05) is 13.0 Å². The topological polar surface area (TPSA) is 139 Å². The molecule has 9 nitrogen and oxygen atoms in total. The summed E-state index contributed by atoms with van der Waals surface area (Å²) in [6, 6.07) is -0.638. The largest absolute Gasteiger partial charge is 0.389 e. The van der Waals surface area contributed by atoms with Gasteiger partial charge in [-0.2, -0.15) is 14.4 Å². The van der Waals surface area contributed by atoms with Gasteiger partial charge in [0.2, 0.25) is 5.91 Å². The molecule has 0 bridgehead atoms. The standard InChI is InChI=1S/C13H15FN6O3/c1-16-11(23)13-2-4(13)6(7(21)8(13)22)20-3-17-5-9(15)18-12(14)19-10(5)20/h3-4,6-8,21-22H,2H2,1H3,(H,16,23)(H2,15,18,19)/t4-,6-,7?,8?,13+/m1/s1. The molecule has 122 valence electrons. The lowest BCUT2D eigenvalue weighted by molar-refractivity contribution is -0.132. The molecule has 2 fully saturated rings. The number of rotatable bonds is 2. The van der Waals surface area contributed by atoms with Crippen LogP contribution in [0.4, 0.5) is 10.2 Å². The van der Waals surface area contributed by atoms with Crippen LogP contribution in [0.25, 0.3) is 11.2 Å². The zero-order chi connectivity index (χ0) is 16.5. The molecule has 0 aromatic carbocycles. The first-order valence-electron chi connectivity index (χ1n) is 7.15. The quantitative estimate of drug-likeness (QED) is 0.497. The molecule has 0 saturated heterocycles. The summed E-state index contributed by atoms with van der Waals surface area (Å²) in [7, 11) is 1.48. The number of aliphatic hydroxyl groups excluding tert-OH is 2. The van der Waals surface area contributed by atoms with Crippen LogP contribution in [0, 0.1) is 17.4 Å². The monoisotopic (exact) mass is 322 g/mol. The van der Waals surface area contributed by atoms with Gasteiger partial charge in [0.15, 0.2) is 11.5 Å². The van der Waals surface area contributed by atoms with E-state index in [4.69, 9.17) is 5.73 Å². The van der Waals surface area contributed by atoms with Crippen molar-refractivity contribution in [3.05, 3.63) is 12.4 Å². The SMILES string of the molecule is CNC(=O)[C@@]12C[C@@H]1[C@@H](n1cnc3c(N)nc(F)nc31)C(O)C2O. The molecule has 0 aliphatic heterocycles. The van der Waals surface area contributed by atoms with Crippen LogP contribution >= 0.6 is 0 Å². The van der Waals surface area contributed by atoms with Crippen LogP contribution in [0.15, 0.2) is 6.33 Å². The van der Waals surface area contributed by atoms with Gasteiger partial charge >= 0.3 is 6.08 Å². The molecule has 2 saturated carbocycles. The molecule has 2 aliphatic carbocycles. The van der Waals surface area contributed by atoms with E-state index >= 15 is 0 Å². The normalized spacial score (nSPS) is 35.3. The Kier molecular flexibility index (Phi) is 2.70. The summed E-state index contributed by atoms with van der Waals surface area (Å²) in [5.74, 6) is -0.710. The van der Waals surface area contributed by atoms with E-state index in [0.717, 1.165) is 0 Å². The molecule has 10 heteroatoms. The molecule has 23 heavy (non-hydrogen) atoms. The molecular weight excluding hydrogens is 307 g/mol. The smallest absolute Gasteiger partial charge is 0.312 e. The number of aliphatic hydroxyl groups is 2. The molecule has 2 heterocycles. The molecule has 1 amide bonds. The zero-order valence-corrected chi connectivity index (χ0v) is 12.1. The van der Waals surface area contributed by atoms with Crippen molar-refractivity contribution in [3.63, 3.8) is 0 Å². The van der Waals surface area contributed by atoms with Gasteiger partial charge in [-0.15, -0.1) is 0 Å². The van der Waals surface area contributed by atoms with Crippen molar-refractivity contribution in [2.24, 2.45) is 11.3 Å². The van der Waals surface area contributed by atoms with Crippen molar-refractivity contribution in [1.29, 1.82) is 0 Å². The van der Waals surface area contributed by atoms with Crippen LogP contribution in [0.1, 0.15) is 12.5 Å². The lowest BCUT2D eigenvalue weighted by atomic mass is 9.98. The van der Waals surface area contributed by atoms with Crippen LogP contribution in [0.2, 0.25) is 0 Å².